The third kappa shape index (κ3) is 4.07. The van der Waals surface area contributed by atoms with Gasteiger partial charge in [0.05, 0.1) is 5.69 Å². The number of hydrogen-bond acceptors (Lipinski definition) is 5. The Hall–Kier alpha value is -3.55. The molecule has 0 spiro atoms. The number of carbonyl (C=O) groups excluding carboxylic acids is 2. The van der Waals surface area contributed by atoms with Gasteiger partial charge in [0.15, 0.2) is 0 Å². The summed E-state index contributed by atoms with van der Waals surface area (Å²) < 4.78 is 1.55. The van der Waals surface area contributed by atoms with Crippen molar-refractivity contribution in [2.45, 2.75) is 44.3 Å². The van der Waals surface area contributed by atoms with Gasteiger partial charge in [-0.25, -0.2) is 4.68 Å². The topological polar surface area (TPSA) is 93.0 Å². The molecule has 1 N–H and O–H groups in total. The van der Waals surface area contributed by atoms with Gasteiger partial charge in [-0.1, -0.05) is 12.1 Å². The number of aromatic nitrogens is 4. The maximum atomic E-state index is 13.1. The summed E-state index contributed by atoms with van der Waals surface area (Å²) in [6.45, 7) is 0.531. The zero-order chi connectivity index (χ0) is 20.5. The average Bonchev–Trinajstić information content (AvgIpc) is 3.72. The van der Waals surface area contributed by atoms with Crippen molar-refractivity contribution >= 4 is 11.8 Å². The summed E-state index contributed by atoms with van der Waals surface area (Å²) in [5.74, 6) is -0.0156. The van der Waals surface area contributed by atoms with E-state index in [9.17, 15) is 9.59 Å². The third-order valence-electron chi connectivity index (χ3n) is 5.46. The van der Waals surface area contributed by atoms with Crippen LogP contribution in [0.1, 0.15) is 52.0 Å². The van der Waals surface area contributed by atoms with E-state index in [1.165, 1.54) is 6.33 Å². The lowest BCUT2D eigenvalue weighted by molar-refractivity contribution is 0.0729. The molecule has 0 saturated heterocycles. The summed E-state index contributed by atoms with van der Waals surface area (Å²) in [4.78, 5) is 27.2. The van der Waals surface area contributed by atoms with E-state index in [0.717, 1.165) is 36.9 Å². The van der Waals surface area contributed by atoms with Crippen LogP contribution in [0.25, 0.3) is 5.69 Å². The van der Waals surface area contributed by atoms with Gasteiger partial charge in [0.1, 0.15) is 6.33 Å². The van der Waals surface area contributed by atoms with Crippen LogP contribution in [-0.4, -0.2) is 49.0 Å². The molecular formula is C22H22N6O2. The van der Waals surface area contributed by atoms with Gasteiger partial charge in [-0.2, -0.15) is 0 Å². The molecule has 152 valence electrons. The molecule has 0 aliphatic heterocycles. The highest BCUT2D eigenvalue weighted by Crippen LogP contribution is 2.30. The van der Waals surface area contributed by atoms with Crippen molar-refractivity contribution in [3.63, 3.8) is 0 Å². The first kappa shape index (κ1) is 18.5. The van der Waals surface area contributed by atoms with Crippen molar-refractivity contribution in [3.8, 4) is 5.69 Å². The lowest BCUT2D eigenvalue weighted by Gasteiger charge is -2.23. The van der Waals surface area contributed by atoms with Crippen molar-refractivity contribution in [3.05, 3.63) is 71.5 Å². The highest BCUT2D eigenvalue weighted by molar-refractivity contribution is 5.95. The zero-order valence-corrected chi connectivity index (χ0v) is 16.4. The van der Waals surface area contributed by atoms with Crippen LogP contribution in [0, 0.1) is 0 Å². The fourth-order valence-electron chi connectivity index (χ4n) is 3.41. The molecule has 2 aliphatic rings. The predicted octanol–water partition coefficient (Wildman–Crippen LogP) is 2.36. The number of nitrogens with zero attached hydrogens (tertiary/aromatic N) is 5. The van der Waals surface area contributed by atoms with Gasteiger partial charge in [0.2, 0.25) is 0 Å². The molecule has 0 bridgehead atoms. The monoisotopic (exact) mass is 402 g/mol. The normalized spacial score (nSPS) is 15.6. The van der Waals surface area contributed by atoms with E-state index in [4.69, 9.17) is 0 Å². The van der Waals surface area contributed by atoms with E-state index in [2.05, 4.69) is 20.8 Å². The molecule has 2 aliphatic carbocycles. The molecule has 1 aromatic heterocycles. The number of amides is 2. The molecule has 2 saturated carbocycles. The van der Waals surface area contributed by atoms with Crippen molar-refractivity contribution in [2.75, 3.05) is 0 Å². The second kappa shape index (κ2) is 7.70. The molecule has 2 amide bonds. The number of benzene rings is 2. The summed E-state index contributed by atoms with van der Waals surface area (Å²) in [7, 11) is 0. The molecular weight excluding hydrogens is 380 g/mol. The number of carbonyl (C=O) groups is 2. The summed E-state index contributed by atoms with van der Waals surface area (Å²) in [5.41, 5.74) is 3.12. The van der Waals surface area contributed by atoms with Crippen molar-refractivity contribution < 1.29 is 9.59 Å². The molecule has 5 rings (SSSR count). The lowest BCUT2D eigenvalue weighted by atomic mass is 10.1. The van der Waals surface area contributed by atoms with Crippen LogP contribution in [0.15, 0.2) is 54.9 Å². The molecule has 30 heavy (non-hydrogen) atoms. The lowest BCUT2D eigenvalue weighted by Crippen LogP contribution is -2.32. The zero-order valence-electron chi connectivity index (χ0n) is 16.4. The molecule has 2 fully saturated rings. The van der Waals surface area contributed by atoms with E-state index >= 15 is 0 Å². The van der Waals surface area contributed by atoms with Crippen molar-refractivity contribution in [1.29, 1.82) is 0 Å². The van der Waals surface area contributed by atoms with E-state index < -0.39 is 0 Å². The Morgan fingerprint density at radius 2 is 1.67 bits per heavy atom. The van der Waals surface area contributed by atoms with Crippen LogP contribution in [0.5, 0.6) is 0 Å². The number of tetrazole rings is 1. The molecule has 8 nitrogen and oxygen atoms in total. The fraction of sp³-hybridized carbons (Fsp3) is 0.318. The summed E-state index contributed by atoms with van der Waals surface area (Å²) in [5, 5.41) is 14.1. The fourth-order valence-corrected chi connectivity index (χ4v) is 3.41. The highest BCUT2D eigenvalue weighted by atomic mass is 16.2. The van der Waals surface area contributed by atoms with Crippen molar-refractivity contribution in [2.24, 2.45) is 0 Å². The minimum absolute atomic E-state index is 0.0105. The second-order valence-corrected chi connectivity index (χ2v) is 7.91. The Bertz CT molecular complexity index is 1040. The Morgan fingerprint density at radius 3 is 2.27 bits per heavy atom. The van der Waals surface area contributed by atoms with Crippen LogP contribution >= 0.6 is 0 Å². The molecule has 0 radical (unpaired) electrons. The molecule has 2 aromatic carbocycles. The first-order valence-electron chi connectivity index (χ1n) is 10.2. The first-order valence-corrected chi connectivity index (χ1v) is 10.2. The molecule has 0 atom stereocenters. The quantitative estimate of drug-likeness (QED) is 0.655. The van der Waals surface area contributed by atoms with E-state index in [-0.39, 0.29) is 17.9 Å². The van der Waals surface area contributed by atoms with Crippen LogP contribution < -0.4 is 5.32 Å². The number of nitrogens with one attached hydrogen (secondary N) is 1. The predicted molar refractivity (Wildman–Crippen MR) is 109 cm³/mol. The van der Waals surface area contributed by atoms with Crippen molar-refractivity contribution in [1.82, 2.24) is 30.4 Å². The SMILES string of the molecule is O=C(NC1CC1)c1ccc(CN(C(=O)c2ccc(-n3cnnn3)cc2)C2CC2)cc1. The number of rotatable bonds is 7. The summed E-state index contributed by atoms with van der Waals surface area (Å²) >= 11 is 0. The number of hydrogen-bond donors (Lipinski definition) is 1. The van der Waals surface area contributed by atoms with Gasteiger partial charge in [-0.3, -0.25) is 9.59 Å². The maximum Gasteiger partial charge on any atom is 0.254 e. The largest absolute Gasteiger partial charge is 0.349 e. The van der Waals surface area contributed by atoms with Gasteiger partial charge in [0, 0.05) is 29.8 Å². The molecule has 0 unspecified atom stereocenters. The molecule has 1 heterocycles. The van der Waals surface area contributed by atoms with Crippen LogP contribution in [0.2, 0.25) is 0 Å². The second-order valence-electron chi connectivity index (χ2n) is 7.91. The minimum atomic E-state index is -0.0261. The third-order valence-corrected chi connectivity index (χ3v) is 5.46. The Morgan fingerprint density at radius 1 is 0.967 bits per heavy atom. The van der Waals surface area contributed by atoms with Gasteiger partial charge < -0.3 is 10.2 Å². The Kier molecular flexibility index (Phi) is 4.74. The minimum Gasteiger partial charge on any atom is -0.349 e. The summed E-state index contributed by atoms with van der Waals surface area (Å²) in [6, 6.07) is 15.4. The Balaban J connectivity index is 1.28. The summed E-state index contributed by atoms with van der Waals surface area (Å²) in [6.07, 6.45) is 5.70. The first-order chi connectivity index (χ1) is 14.7. The Labute approximate surface area is 173 Å². The maximum absolute atomic E-state index is 13.1. The molecule has 8 heteroatoms. The van der Waals surface area contributed by atoms with Crippen LogP contribution in [-0.2, 0) is 6.54 Å². The smallest absolute Gasteiger partial charge is 0.254 e. The van der Waals surface area contributed by atoms with Crippen LogP contribution in [0.4, 0.5) is 0 Å². The standard InChI is InChI=1S/C22H22N6O2/c29-21(24-18-7-8-18)16-3-1-15(2-4-16)13-27(19-11-12-19)22(30)17-5-9-20(10-6-17)28-14-23-25-26-28/h1-6,9-10,14,18-19H,7-8,11-13H2,(H,24,29). The van der Waals surface area contributed by atoms with E-state index in [1.54, 1.807) is 16.8 Å². The van der Waals surface area contributed by atoms with Gasteiger partial charge in [-0.05, 0) is 78.1 Å². The molecule has 3 aromatic rings. The van der Waals surface area contributed by atoms with E-state index in [1.807, 2.05) is 41.3 Å². The van der Waals surface area contributed by atoms with Crippen LogP contribution in [0.3, 0.4) is 0 Å². The average molecular weight is 402 g/mol. The van der Waals surface area contributed by atoms with Gasteiger partial charge in [-0.15, -0.1) is 5.10 Å². The highest BCUT2D eigenvalue weighted by Gasteiger charge is 2.33. The van der Waals surface area contributed by atoms with Gasteiger partial charge in [0.25, 0.3) is 11.8 Å². The van der Waals surface area contributed by atoms with Gasteiger partial charge >= 0.3 is 0 Å². The van der Waals surface area contributed by atoms with E-state index in [0.29, 0.717) is 23.7 Å².